The Hall–Kier alpha value is -1.26. The van der Waals surface area contributed by atoms with Crippen molar-refractivity contribution in [2.75, 3.05) is 6.54 Å². The fourth-order valence-corrected chi connectivity index (χ4v) is 2.45. The largest absolute Gasteiger partial charge is 0.330 e. The first-order valence-corrected chi connectivity index (χ1v) is 5.69. The van der Waals surface area contributed by atoms with Crippen LogP contribution in [0.25, 0.3) is 10.4 Å². The summed E-state index contributed by atoms with van der Waals surface area (Å²) in [7, 11) is 0. The highest BCUT2D eigenvalue weighted by Gasteiger charge is 2.09. The van der Waals surface area contributed by atoms with Crippen LogP contribution in [0.15, 0.2) is 24.5 Å². The molecule has 78 valence electrons. The lowest BCUT2D eigenvalue weighted by atomic mass is 10.2. The fourth-order valence-electron chi connectivity index (χ4n) is 1.50. The van der Waals surface area contributed by atoms with Crippen LogP contribution in [0.4, 0.5) is 0 Å². The maximum absolute atomic E-state index is 5.57. The number of pyridine rings is 1. The minimum atomic E-state index is 0.635. The van der Waals surface area contributed by atoms with Gasteiger partial charge in [0.05, 0.1) is 15.6 Å². The topological polar surface area (TPSA) is 51.8 Å². The van der Waals surface area contributed by atoms with E-state index in [1.807, 2.05) is 19.2 Å². The maximum Gasteiger partial charge on any atom is 0.0903 e. The number of hydrogen-bond donors (Lipinski definition) is 1. The average molecular weight is 219 g/mol. The first-order chi connectivity index (χ1) is 7.31. The molecule has 0 aliphatic rings. The Labute approximate surface area is 93.0 Å². The number of aromatic nitrogens is 2. The van der Waals surface area contributed by atoms with Crippen molar-refractivity contribution in [1.82, 2.24) is 9.97 Å². The van der Waals surface area contributed by atoms with E-state index >= 15 is 0 Å². The summed E-state index contributed by atoms with van der Waals surface area (Å²) in [4.78, 5) is 9.81. The second-order valence-electron chi connectivity index (χ2n) is 3.29. The smallest absolute Gasteiger partial charge is 0.0903 e. The van der Waals surface area contributed by atoms with Gasteiger partial charge in [0.25, 0.3) is 0 Å². The lowest BCUT2D eigenvalue weighted by molar-refractivity contribution is 0.930. The van der Waals surface area contributed by atoms with Gasteiger partial charge in [-0.1, -0.05) is 6.07 Å². The van der Waals surface area contributed by atoms with Gasteiger partial charge in [0.2, 0.25) is 0 Å². The molecule has 3 nitrogen and oxygen atoms in total. The Bertz CT molecular complexity index is 436. The molecule has 2 rings (SSSR count). The SMILES string of the molecule is Cc1nc(CCN)c(-c2cccnc2)s1. The highest BCUT2D eigenvalue weighted by molar-refractivity contribution is 7.15. The average Bonchev–Trinajstić information content (AvgIpc) is 2.62. The molecule has 2 aromatic heterocycles. The summed E-state index contributed by atoms with van der Waals surface area (Å²) in [6, 6.07) is 4.00. The number of thiazole rings is 1. The zero-order valence-electron chi connectivity index (χ0n) is 8.60. The lowest BCUT2D eigenvalue weighted by Crippen LogP contribution is -2.03. The summed E-state index contributed by atoms with van der Waals surface area (Å²) in [6.07, 6.45) is 4.47. The van der Waals surface area contributed by atoms with Crippen molar-refractivity contribution in [3.63, 3.8) is 0 Å². The Morgan fingerprint density at radius 2 is 2.33 bits per heavy atom. The van der Waals surface area contributed by atoms with Crippen molar-refractivity contribution in [2.45, 2.75) is 13.3 Å². The predicted molar refractivity (Wildman–Crippen MR) is 62.8 cm³/mol. The van der Waals surface area contributed by atoms with E-state index in [0.29, 0.717) is 6.54 Å². The van der Waals surface area contributed by atoms with E-state index in [1.54, 1.807) is 17.5 Å². The third-order valence-electron chi connectivity index (χ3n) is 2.11. The van der Waals surface area contributed by atoms with Gasteiger partial charge in [-0.3, -0.25) is 4.98 Å². The number of nitrogens with zero attached hydrogens (tertiary/aromatic N) is 2. The van der Waals surface area contributed by atoms with Crippen LogP contribution in [0.3, 0.4) is 0 Å². The van der Waals surface area contributed by atoms with Crippen molar-refractivity contribution in [1.29, 1.82) is 0 Å². The van der Waals surface area contributed by atoms with Crippen LogP contribution in [0, 0.1) is 6.92 Å². The minimum absolute atomic E-state index is 0.635. The summed E-state index contributed by atoms with van der Waals surface area (Å²) < 4.78 is 0. The van der Waals surface area contributed by atoms with Crippen LogP contribution < -0.4 is 5.73 Å². The van der Waals surface area contributed by atoms with E-state index in [0.717, 1.165) is 22.7 Å². The van der Waals surface area contributed by atoms with Crippen molar-refractivity contribution in [3.8, 4) is 10.4 Å². The molecule has 0 radical (unpaired) electrons. The molecule has 0 saturated heterocycles. The summed E-state index contributed by atoms with van der Waals surface area (Å²) >= 11 is 1.70. The van der Waals surface area contributed by atoms with Crippen LogP contribution in [0.2, 0.25) is 0 Å². The van der Waals surface area contributed by atoms with E-state index in [-0.39, 0.29) is 0 Å². The third-order valence-corrected chi connectivity index (χ3v) is 3.17. The van der Waals surface area contributed by atoms with Crippen molar-refractivity contribution < 1.29 is 0 Å². The van der Waals surface area contributed by atoms with Gasteiger partial charge in [0, 0.05) is 24.4 Å². The molecule has 2 heterocycles. The summed E-state index contributed by atoms with van der Waals surface area (Å²) in [6.45, 7) is 2.65. The highest BCUT2D eigenvalue weighted by Crippen LogP contribution is 2.29. The summed E-state index contributed by atoms with van der Waals surface area (Å²) in [5.74, 6) is 0. The summed E-state index contributed by atoms with van der Waals surface area (Å²) in [5.41, 5.74) is 7.79. The molecule has 0 aliphatic heterocycles. The van der Waals surface area contributed by atoms with Crippen molar-refractivity contribution in [2.24, 2.45) is 5.73 Å². The van der Waals surface area contributed by atoms with E-state index in [9.17, 15) is 0 Å². The van der Waals surface area contributed by atoms with E-state index in [2.05, 4.69) is 16.0 Å². The van der Waals surface area contributed by atoms with Crippen LogP contribution in [-0.2, 0) is 6.42 Å². The molecule has 0 bridgehead atoms. The second-order valence-corrected chi connectivity index (χ2v) is 4.49. The zero-order valence-corrected chi connectivity index (χ0v) is 9.42. The Kier molecular flexibility index (Phi) is 3.08. The van der Waals surface area contributed by atoms with Gasteiger partial charge in [0.15, 0.2) is 0 Å². The molecule has 0 fully saturated rings. The molecule has 0 unspecified atom stereocenters. The molecule has 0 aliphatic carbocycles. The predicted octanol–water partition coefficient (Wildman–Crippen LogP) is 2.01. The highest BCUT2D eigenvalue weighted by atomic mass is 32.1. The Morgan fingerprint density at radius 1 is 1.47 bits per heavy atom. The van der Waals surface area contributed by atoms with E-state index < -0.39 is 0 Å². The number of nitrogens with two attached hydrogens (primary N) is 1. The van der Waals surface area contributed by atoms with E-state index in [4.69, 9.17) is 5.73 Å². The standard InChI is InChI=1S/C11H13N3S/c1-8-14-10(4-5-12)11(15-8)9-3-2-6-13-7-9/h2-3,6-7H,4-5,12H2,1H3. The van der Waals surface area contributed by atoms with Crippen LogP contribution in [0.1, 0.15) is 10.7 Å². The van der Waals surface area contributed by atoms with Gasteiger partial charge >= 0.3 is 0 Å². The molecule has 0 spiro atoms. The molecule has 0 atom stereocenters. The van der Waals surface area contributed by atoms with Gasteiger partial charge in [-0.2, -0.15) is 0 Å². The fraction of sp³-hybridized carbons (Fsp3) is 0.273. The molecule has 15 heavy (non-hydrogen) atoms. The minimum Gasteiger partial charge on any atom is -0.330 e. The van der Waals surface area contributed by atoms with Crippen molar-refractivity contribution in [3.05, 3.63) is 35.2 Å². The molecule has 0 saturated carbocycles. The van der Waals surface area contributed by atoms with Gasteiger partial charge < -0.3 is 5.73 Å². The molecular formula is C11H13N3S. The Balaban J connectivity index is 2.43. The van der Waals surface area contributed by atoms with Gasteiger partial charge in [-0.05, 0) is 19.5 Å². The van der Waals surface area contributed by atoms with Gasteiger partial charge in [-0.15, -0.1) is 11.3 Å². The number of hydrogen-bond acceptors (Lipinski definition) is 4. The number of rotatable bonds is 3. The molecule has 0 aromatic carbocycles. The maximum atomic E-state index is 5.57. The lowest BCUT2D eigenvalue weighted by Gasteiger charge is -1.99. The first-order valence-electron chi connectivity index (χ1n) is 4.88. The van der Waals surface area contributed by atoms with Gasteiger partial charge in [-0.25, -0.2) is 4.98 Å². The second kappa shape index (κ2) is 4.51. The Morgan fingerprint density at radius 3 is 3.00 bits per heavy atom. The zero-order chi connectivity index (χ0) is 10.7. The number of aryl methyl sites for hydroxylation is 1. The molecular weight excluding hydrogens is 206 g/mol. The van der Waals surface area contributed by atoms with Crippen LogP contribution >= 0.6 is 11.3 Å². The van der Waals surface area contributed by atoms with Gasteiger partial charge in [0.1, 0.15) is 0 Å². The monoisotopic (exact) mass is 219 g/mol. The molecule has 2 N–H and O–H groups in total. The third kappa shape index (κ3) is 2.22. The summed E-state index contributed by atoms with van der Waals surface area (Å²) in [5, 5.41) is 1.08. The van der Waals surface area contributed by atoms with Crippen LogP contribution in [0.5, 0.6) is 0 Å². The molecule has 4 heteroatoms. The quantitative estimate of drug-likeness (QED) is 0.859. The molecule has 2 aromatic rings. The normalized spacial score (nSPS) is 10.5. The van der Waals surface area contributed by atoms with Crippen LogP contribution in [-0.4, -0.2) is 16.5 Å². The van der Waals surface area contributed by atoms with E-state index in [1.165, 1.54) is 4.88 Å². The molecule has 0 amide bonds. The van der Waals surface area contributed by atoms with Crippen molar-refractivity contribution >= 4 is 11.3 Å². The first kappa shape index (κ1) is 10.3.